The fraction of sp³-hybridized carbons (Fsp3) is 0.500. The Morgan fingerprint density at radius 3 is 2.70 bits per heavy atom. The molecule has 1 saturated carbocycles. The minimum absolute atomic E-state index is 0.256. The second-order valence-corrected chi connectivity index (χ2v) is 7.74. The van der Waals surface area contributed by atoms with Gasteiger partial charge in [0, 0.05) is 25.3 Å². The second-order valence-electron chi connectivity index (χ2n) is 5.72. The fourth-order valence-corrected chi connectivity index (χ4v) is 3.69. The average molecular weight is 293 g/mol. The van der Waals surface area contributed by atoms with Gasteiger partial charge in [-0.25, -0.2) is 13.4 Å². The smallest absolute Gasteiger partial charge is 0.175 e. The lowest BCUT2D eigenvalue weighted by atomic mass is 10.1. The standard InChI is InChI=1S/C14H19N3O2S/c1-17-13-6-5-11(20(2,18)19)8-12(13)16-14(17)9-3-4-10(15)7-9/h5-6,8-10H,3-4,7,15H2,1-2H3. The number of nitrogens with zero attached hydrogens (tertiary/aromatic N) is 2. The Hall–Kier alpha value is -1.40. The first kappa shape index (κ1) is 13.6. The maximum Gasteiger partial charge on any atom is 0.175 e. The van der Waals surface area contributed by atoms with Crippen molar-refractivity contribution in [3.05, 3.63) is 24.0 Å². The molecule has 108 valence electrons. The topological polar surface area (TPSA) is 78.0 Å². The summed E-state index contributed by atoms with van der Waals surface area (Å²) in [6.07, 6.45) is 4.25. The molecule has 2 atom stereocenters. The molecular formula is C14H19N3O2S. The number of nitrogens with two attached hydrogens (primary N) is 1. The maximum atomic E-state index is 11.6. The number of hydrogen-bond donors (Lipinski definition) is 1. The van der Waals surface area contributed by atoms with E-state index in [1.165, 1.54) is 6.26 Å². The van der Waals surface area contributed by atoms with Gasteiger partial charge in [-0.2, -0.15) is 0 Å². The zero-order chi connectivity index (χ0) is 14.5. The number of aromatic nitrogens is 2. The molecule has 1 heterocycles. The van der Waals surface area contributed by atoms with Crippen molar-refractivity contribution < 1.29 is 8.42 Å². The van der Waals surface area contributed by atoms with E-state index in [-0.39, 0.29) is 6.04 Å². The van der Waals surface area contributed by atoms with Gasteiger partial charge in [0.2, 0.25) is 0 Å². The molecule has 0 radical (unpaired) electrons. The molecule has 6 heteroatoms. The van der Waals surface area contributed by atoms with Gasteiger partial charge in [-0.3, -0.25) is 0 Å². The molecule has 1 aliphatic rings. The van der Waals surface area contributed by atoms with Crippen LogP contribution in [0.4, 0.5) is 0 Å². The van der Waals surface area contributed by atoms with Crippen LogP contribution >= 0.6 is 0 Å². The maximum absolute atomic E-state index is 11.6. The minimum atomic E-state index is -3.19. The number of rotatable bonds is 2. The fourth-order valence-electron chi connectivity index (χ4n) is 3.04. The molecule has 0 aliphatic heterocycles. The first-order chi connectivity index (χ1) is 9.36. The van der Waals surface area contributed by atoms with E-state index in [2.05, 4.69) is 9.55 Å². The van der Waals surface area contributed by atoms with Crippen LogP contribution in [0.5, 0.6) is 0 Å². The van der Waals surface area contributed by atoms with Gasteiger partial charge < -0.3 is 10.3 Å². The molecular weight excluding hydrogens is 274 g/mol. The van der Waals surface area contributed by atoms with E-state index < -0.39 is 9.84 Å². The molecule has 1 aromatic heterocycles. The lowest BCUT2D eigenvalue weighted by Gasteiger charge is -2.09. The summed E-state index contributed by atoms with van der Waals surface area (Å²) in [5.74, 6) is 1.39. The lowest BCUT2D eigenvalue weighted by molar-refractivity contribution is 0.602. The molecule has 20 heavy (non-hydrogen) atoms. The number of hydrogen-bond acceptors (Lipinski definition) is 4. The molecule has 2 unspecified atom stereocenters. The zero-order valence-electron chi connectivity index (χ0n) is 11.7. The van der Waals surface area contributed by atoms with Gasteiger partial charge >= 0.3 is 0 Å². The Balaban J connectivity index is 2.10. The number of sulfone groups is 1. The Bertz CT molecular complexity index is 764. The van der Waals surface area contributed by atoms with Crippen molar-refractivity contribution in [3.8, 4) is 0 Å². The van der Waals surface area contributed by atoms with Crippen molar-refractivity contribution in [3.63, 3.8) is 0 Å². The third kappa shape index (κ3) is 2.23. The lowest BCUT2D eigenvalue weighted by Crippen LogP contribution is -2.15. The molecule has 1 aliphatic carbocycles. The molecule has 2 aromatic rings. The van der Waals surface area contributed by atoms with Crippen LogP contribution in [-0.4, -0.2) is 30.3 Å². The summed E-state index contributed by atoms with van der Waals surface area (Å²) in [6, 6.07) is 5.38. The number of fused-ring (bicyclic) bond motifs is 1. The van der Waals surface area contributed by atoms with Crippen molar-refractivity contribution in [1.29, 1.82) is 0 Å². The van der Waals surface area contributed by atoms with Crippen LogP contribution in [-0.2, 0) is 16.9 Å². The molecule has 0 spiro atoms. The van der Waals surface area contributed by atoms with Crippen molar-refractivity contribution in [2.75, 3.05) is 6.26 Å². The van der Waals surface area contributed by atoms with Crippen molar-refractivity contribution in [1.82, 2.24) is 9.55 Å². The van der Waals surface area contributed by atoms with Gasteiger partial charge in [0.25, 0.3) is 0 Å². The van der Waals surface area contributed by atoms with E-state index in [0.29, 0.717) is 10.8 Å². The summed E-state index contributed by atoms with van der Waals surface area (Å²) >= 11 is 0. The molecule has 0 bridgehead atoms. The summed E-state index contributed by atoms with van der Waals surface area (Å²) in [5, 5.41) is 0. The van der Waals surface area contributed by atoms with Crippen LogP contribution in [0.1, 0.15) is 31.0 Å². The SMILES string of the molecule is Cn1c(C2CCC(N)C2)nc2cc(S(C)(=O)=O)ccc21. The second kappa shape index (κ2) is 4.56. The van der Waals surface area contributed by atoms with E-state index in [0.717, 1.165) is 36.1 Å². The minimum Gasteiger partial charge on any atom is -0.331 e. The van der Waals surface area contributed by atoms with E-state index in [1.54, 1.807) is 12.1 Å². The molecule has 0 saturated heterocycles. The van der Waals surface area contributed by atoms with Crippen LogP contribution in [0.15, 0.2) is 23.1 Å². The van der Waals surface area contributed by atoms with Gasteiger partial charge in [0.15, 0.2) is 9.84 Å². The van der Waals surface area contributed by atoms with Crippen molar-refractivity contribution in [2.45, 2.75) is 36.1 Å². The first-order valence-corrected chi connectivity index (χ1v) is 8.67. The third-order valence-corrected chi connectivity index (χ3v) is 5.26. The van der Waals surface area contributed by atoms with Crippen LogP contribution < -0.4 is 5.73 Å². The first-order valence-electron chi connectivity index (χ1n) is 6.78. The van der Waals surface area contributed by atoms with Crippen molar-refractivity contribution >= 4 is 20.9 Å². The highest BCUT2D eigenvalue weighted by molar-refractivity contribution is 7.90. The van der Waals surface area contributed by atoms with Gasteiger partial charge in [0.05, 0.1) is 15.9 Å². The highest BCUT2D eigenvalue weighted by Crippen LogP contribution is 2.34. The summed E-state index contributed by atoms with van der Waals surface area (Å²) in [5.41, 5.74) is 7.68. The Morgan fingerprint density at radius 1 is 1.35 bits per heavy atom. The molecule has 1 fully saturated rings. The van der Waals surface area contributed by atoms with Crippen LogP contribution in [0, 0.1) is 0 Å². The highest BCUT2D eigenvalue weighted by Gasteiger charge is 2.27. The molecule has 0 amide bonds. The number of imidazole rings is 1. The molecule has 1 aromatic carbocycles. The van der Waals surface area contributed by atoms with E-state index in [1.807, 2.05) is 13.1 Å². The Kier molecular flexibility index (Phi) is 3.10. The van der Waals surface area contributed by atoms with E-state index in [4.69, 9.17) is 5.73 Å². The number of benzene rings is 1. The van der Waals surface area contributed by atoms with Gasteiger partial charge in [-0.1, -0.05) is 0 Å². The average Bonchev–Trinajstić information content (AvgIpc) is 2.92. The van der Waals surface area contributed by atoms with Crippen LogP contribution in [0.25, 0.3) is 11.0 Å². The monoisotopic (exact) mass is 293 g/mol. The van der Waals surface area contributed by atoms with Crippen molar-refractivity contribution in [2.24, 2.45) is 12.8 Å². The summed E-state index contributed by atoms with van der Waals surface area (Å²) in [6.45, 7) is 0. The quantitative estimate of drug-likeness (QED) is 0.911. The predicted molar refractivity (Wildman–Crippen MR) is 78.4 cm³/mol. The van der Waals surface area contributed by atoms with Gasteiger partial charge in [-0.05, 0) is 37.5 Å². The van der Waals surface area contributed by atoms with Crippen LogP contribution in [0.3, 0.4) is 0 Å². The number of aryl methyl sites for hydroxylation is 1. The predicted octanol–water partition coefficient (Wildman–Crippen LogP) is 1.57. The van der Waals surface area contributed by atoms with Crippen LogP contribution in [0.2, 0.25) is 0 Å². The highest BCUT2D eigenvalue weighted by atomic mass is 32.2. The Morgan fingerprint density at radius 2 is 2.10 bits per heavy atom. The van der Waals surface area contributed by atoms with E-state index >= 15 is 0 Å². The van der Waals surface area contributed by atoms with Gasteiger partial charge in [-0.15, -0.1) is 0 Å². The van der Waals surface area contributed by atoms with Gasteiger partial charge in [0.1, 0.15) is 5.82 Å². The largest absolute Gasteiger partial charge is 0.331 e. The Labute approximate surface area is 118 Å². The summed E-state index contributed by atoms with van der Waals surface area (Å²) in [7, 11) is -1.21. The zero-order valence-corrected chi connectivity index (χ0v) is 12.5. The molecule has 2 N–H and O–H groups in total. The molecule has 3 rings (SSSR count). The summed E-state index contributed by atoms with van der Waals surface area (Å²) in [4.78, 5) is 4.96. The summed E-state index contributed by atoms with van der Waals surface area (Å²) < 4.78 is 25.3. The third-order valence-electron chi connectivity index (χ3n) is 4.15. The molecule has 5 nitrogen and oxygen atoms in total. The normalized spacial score (nSPS) is 23.6. The van der Waals surface area contributed by atoms with E-state index in [9.17, 15) is 8.42 Å².